The third-order valence-electron chi connectivity index (χ3n) is 13.1. The Hall–Kier alpha value is -1.56. The fourth-order valence-corrected chi connectivity index (χ4v) is 8.80. The molecule has 0 amide bonds. The molecule has 0 aliphatic carbocycles. The van der Waals surface area contributed by atoms with Gasteiger partial charge in [-0.05, 0) is 44.3 Å². The molecule has 0 aromatic heterocycles. The molecule has 0 aromatic rings. The SMILES string of the molecule is CC[C@H](OC)[C@@H](C)[C@H]1O[C@@H]1[C@H](O)[C@@H](C)/C=C/C=C(\C)[C@@H]1O[C@@H](OC)C[C@@H](OC)[C@@H]1OC.CC[C@H](OC)[C@@H](C)[C@H]1O[C@@H]1[C@H](O)[C@@H](C)/C=C/C=C(\C)[C@H]1O[C@H](OC)CC[C@@H]1OC. The minimum atomic E-state index is -0.555. The highest BCUT2D eigenvalue weighted by atomic mass is 16.7. The van der Waals surface area contributed by atoms with E-state index in [-0.39, 0.29) is 103 Å². The van der Waals surface area contributed by atoms with Gasteiger partial charge in [0.2, 0.25) is 0 Å². The van der Waals surface area contributed by atoms with Gasteiger partial charge in [-0.25, -0.2) is 0 Å². The number of ether oxygens (including phenoxy) is 11. The molecule has 60 heavy (non-hydrogen) atoms. The fourth-order valence-electron chi connectivity index (χ4n) is 8.80. The van der Waals surface area contributed by atoms with Gasteiger partial charge in [-0.3, -0.25) is 0 Å². The van der Waals surface area contributed by atoms with E-state index in [1.807, 2.05) is 64.2 Å². The highest BCUT2D eigenvalue weighted by molar-refractivity contribution is 5.19. The molecule has 19 atom stereocenters. The molecule has 348 valence electrons. The Kier molecular flexibility index (Phi) is 23.1. The second-order valence-corrected chi connectivity index (χ2v) is 17.0. The third-order valence-corrected chi connectivity index (χ3v) is 13.1. The Bertz CT molecular complexity index is 1330. The van der Waals surface area contributed by atoms with Gasteiger partial charge in [-0.15, -0.1) is 0 Å². The fraction of sp³-hybridized carbons (Fsp3) is 0.830. The van der Waals surface area contributed by atoms with Crippen molar-refractivity contribution in [1.29, 1.82) is 0 Å². The molecule has 13 heteroatoms. The minimum absolute atomic E-state index is 0.0129. The maximum absolute atomic E-state index is 10.7. The molecular weight excluding hydrogens is 773 g/mol. The van der Waals surface area contributed by atoms with E-state index in [1.165, 1.54) is 0 Å². The molecule has 0 radical (unpaired) electrons. The van der Waals surface area contributed by atoms with E-state index >= 15 is 0 Å². The molecule has 0 bridgehead atoms. The van der Waals surface area contributed by atoms with Gasteiger partial charge in [-0.2, -0.15) is 0 Å². The van der Waals surface area contributed by atoms with Crippen LogP contribution in [-0.2, 0) is 52.1 Å². The summed E-state index contributed by atoms with van der Waals surface area (Å²) < 4.78 is 62.3. The second kappa shape index (κ2) is 26.3. The van der Waals surface area contributed by atoms with Gasteiger partial charge in [0.05, 0.1) is 48.8 Å². The number of epoxide rings is 2. The van der Waals surface area contributed by atoms with Crippen LogP contribution in [0.2, 0.25) is 0 Å². The van der Waals surface area contributed by atoms with Crippen molar-refractivity contribution in [3.63, 3.8) is 0 Å². The van der Waals surface area contributed by atoms with Crippen LogP contribution >= 0.6 is 0 Å². The Balaban J connectivity index is 0.000000321. The van der Waals surface area contributed by atoms with E-state index < -0.39 is 12.2 Å². The highest BCUT2D eigenvalue weighted by Gasteiger charge is 2.51. The molecule has 4 heterocycles. The van der Waals surface area contributed by atoms with Gasteiger partial charge in [0.25, 0.3) is 0 Å². The van der Waals surface area contributed by atoms with Crippen LogP contribution in [0.4, 0.5) is 0 Å². The summed E-state index contributed by atoms with van der Waals surface area (Å²) in [7, 11) is 11.8. The molecule has 0 saturated carbocycles. The van der Waals surface area contributed by atoms with Gasteiger partial charge in [0, 0.05) is 86.3 Å². The predicted octanol–water partition coefficient (Wildman–Crippen LogP) is 6.59. The molecule has 2 N–H and O–H groups in total. The second-order valence-electron chi connectivity index (χ2n) is 17.0. The largest absolute Gasteiger partial charge is 0.390 e. The molecule has 0 aromatic carbocycles. The predicted molar refractivity (Wildman–Crippen MR) is 232 cm³/mol. The molecule has 13 nitrogen and oxygen atoms in total. The van der Waals surface area contributed by atoms with Crippen LogP contribution in [0, 0.1) is 23.7 Å². The standard InChI is InChI=1S/C24H42O7.C23H40O6/c1-9-17(26-5)16(4)22-24(31-22)20(25)14(2)11-10-12-15(3)21-23(29-8)18(27-6)13-19(28-7)30-21;1-8-17(25-5)16(4)22-23(29-22)20(24)14(2)10-9-11-15(3)21-18(26-6)12-13-19(27-7)28-21/h10-12,14,16-25H,9,13H2,1-8H3;9-11,14,16-24H,8,12-13H2,1-7H3/b11-10+,15-12+;10-9+,15-11+/t14-,16+,17-,18+,19+,20+,21-,22+,23-,24+;14-,16+,17-,18-,19-,20+,21+,22+,23+/m00/s1. The first-order valence-corrected chi connectivity index (χ1v) is 22.1. The molecule has 0 spiro atoms. The zero-order chi connectivity index (χ0) is 44.7. The average Bonchev–Trinajstić information content (AvgIpc) is 4.21. The van der Waals surface area contributed by atoms with Crippen molar-refractivity contribution in [1.82, 2.24) is 0 Å². The average molecular weight is 855 g/mol. The zero-order valence-electron chi connectivity index (χ0n) is 39.4. The van der Waals surface area contributed by atoms with Crippen LogP contribution in [0.3, 0.4) is 0 Å². The van der Waals surface area contributed by atoms with E-state index in [1.54, 1.807) is 49.8 Å². The molecule has 4 rings (SSSR count). The number of hydrogen-bond acceptors (Lipinski definition) is 13. The summed E-state index contributed by atoms with van der Waals surface area (Å²) in [5.74, 6) is 0.467. The van der Waals surface area contributed by atoms with Crippen molar-refractivity contribution in [2.75, 3.05) is 49.8 Å². The van der Waals surface area contributed by atoms with Crippen LogP contribution in [-0.4, -0.2) is 152 Å². The van der Waals surface area contributed by atoms with Crippen molar-refractivity contribution in [2.45, 2.75) is 179 Å². The Morgan fingerprint density at radius 1 is 0.567 bits per heavy atom. The minimum Gasteiger partial charge on any atom is -0.390 e. The van der Waals surface area contributed by atoms with E-state index in [2.05, 4.69) is 27.7 Å². The van der Waals surface area contributed by atoms with Crippen molar-refractivity contribution >= 4 is 0 Å². The molecule has 4 fully saturated rings. The summed E-state index contributed by atoms with van der Waals surface area (Å²) in [6.07, 6.45) is 14.1. The third kappa shape index (κ3) is 14.5. The molecular formula is C47H82O13. The topological polar surface area (TPSA) is 149 Å². The lowest BCUT2D eigenvalue weighted by Crippen LogP contribution is -2.51. The lowest BCUT2D eigenvalue weighted by Gasteiger charge is -2.40. The first kappa shape index (κ1) is 52.8. The van der Waals surface area contributed by atoms with Gasteiger partial charge in [0.1, 0.15) is 30.5 Å². The Morgan fingerprint density at radius 3 is 1.42 bits per heavy atom. The van der Waals surface area contributed by atoms with Crippen molar-refractivity contribution in [3.8, 4) is 0 Å². The van der Waals surface area contributed by atoms with Crippen molar-refractivity contribution in [3.05, 3.63) is 47.6 Å². The number of hydrogen-bond donors (Lipinski definition) is 2. The summed E-state index contributed by atoms with van der Waals surface area (Å²) in [5.41, 5.74) is 2.09. The lowest BCUT2D eigenvalue weighted by atomic mass is 9.91. The first-order valence-electron chi connectivity index (χ1n) is 22.1. The lowest BCUT2D eigenvalue weighted by molar-refractivity contribution is -0.241. The highest BCUT2D eigenvalue weighted by Crippen LogP contribution is 2.39. The van der Waals surface area contributed by atoms with Gasteiger partial charge in [-0.1, -0.05) is 78.0 Å². The van der Waals surface area contributed by atoms with Crippen molar-refractivity contribution < 1.29 is 62.3 Å². The summed E-state index contributed by atoms with van der Waals surface area (Å²) in [5, 5.41) is 21.4. The van der Waals surface area contributed by atoms with Crippen LogP contribution in [0.25, 0.3) is 0 Å². The van der Waals surface area contributed by atoms with E-state index in [0.29, 0.717) is 6.42 Å². The maximum Gasteiger partial charge on any atom is 0.160 e. The Labute approximate surface area is 362 Å². The normalized spacial score (nSPS) is 35.2. The summed E-state index contributed by atoms with van der Waals surface area (Å²) >= 11 is 0. The molecule has 4 aliphatic heterocycles. The number of allylic oxidation sites excluding steroid dienone is 4. The van der Waals surface area contributed by atoms with Crippen molar-refractivity contribution in [2.24, 2.45) is 23.7 Å². The number of methoxy groups -OCH3 is 7. The van der Waals surface area contributed by atoms with Gasteiger partial charge >= 0.3 is 0 Å². The smallest absolute Gasteiger partial charge is 0.160 e. The zero-order valence-corrected chi connectivity index (χ0v) is 39.4. The van der Waals surface area contributed by atoms with Gasteiger partial charge < -0.3 is 62.3 Å². The van der Waals surface area contributed by atoms with E-state index in [0.717, 1.165) is 36.8 Å². The molecule has 4 saturated heterocycles. The summed E-state index contributed by atoms with van der Waals surface area (Å²) in [6.45, 7) is 16.5. The number of rotatable bonds is 23. The molecule has 0 unspecified atom stereocenters. The van der Waals surface area contributed by atoms with Crippen LogP contribution < -0.4 is 0 Å². The van der Waals surface area contributed by atoms with Crippen LogP contribution in [0.15, 0.2) is 47.6 Å². The number of aliphatic hydroxyl groups excluding tert-OH is 2. The molecule has 4 aliphatic rings. The Morgan fingerprint density at radius 2 is 1.02 bits per heavy atom. The number of aliphatic hydroxyl groups is 2. The maximum atomic E-state index is 10.7. The van der Waals surface area contributed by atoms with E-state index in [9.17, 15) is 10.2 Å². The van der Waals surface area contributed by atoms with Crippen LogP contribution in [0.1, 0.15) is 87.5 Å². The van der Waals surface area contributed by atoms with Crippen LogP contribution in [0.5, 0.6) is 0 Å². The van der Waals surface area contributed by atoms with E-state index in [4.69, 9.17) is 52.1 Å². The summed E-state index contributed by atoms with van der Waals surface area (Å²) in [6, 6.07) is 0. The monoisotopic (exact) mass is 855 g/mol. The summed E-state index contributed by atoms with van der Waals surface area (Å²) in [4.78, 5) is 0. The quantitative estimate of drug-likeness (QED) is 0.0843. The van der Waals surface area contributed by atoms with Gasteiger partial charge in [0.15, 0.2) is 12.6 Å². The first-order chi connectivity index (χ1) is 28.7.